The molecule has 0 saturated carbocycles. The van der Waals surface area contributed by atoms with Crippen molar-refractivity contribution in [2.24, 2.45) is 5.92 Å². The molecule has 2 aromatic carbocycles. The number of hydrogen-bond acceptors (Lipinski definition) is 3. The highest BCUT2D eigenvalue weighted by molar-refractivity contribution is 5.94. The normalized spacial score (nSPS) is 14.7. The quantitative estimate of drug-likeness (QED) is 0.698. The fourth-order valence-electron chi connectivity index (χ4n) is 3.93. The molecule has 2 N–H and O–H groups in total. The first-order valence-electron chi connectivity index (χ1n) is 9.92. The molecule has 29 heavy (non-hydrogen) atoms. The SMILES string of the molecule is COc1ccccc1NC(=O)C1CCN(C(=O)Cc2c[nH]c3ccccc23)CC1. The van der Waals surface area contributed by atoms with Gasteiger partial charge < -0.3 is 19.9 Å². The number of anilines is 1. The Hall–Kier alpha value is -3.28. The first kappa shape index (κ1) is 19.1. The number of fused-ring (bicyclic) bond motifs is 1. The third-order valence-electron chi connectivity index (χ3n) is 5.60. The monoisotopic (exact) mass is 391 g/mol. The maximum absolute atomic E-state index is 12.8. The topological polar surface area (TPSA) is 74.4 Å². The van der Waals surface area contributed by atoms with Gasteiger partial charge in [-0.3, -0.25) is 9.59 Å². The average Bonchev–Trinajstić information content (AvgIpc) is 3.17. The molecule has 0 spiro atoms. The van der Waals surface area contributed by atoms with Crippen molar-refractivity contribution in [2.45, 2.75) is 19.3 Å². The van der Waals surface area contributed by atoms with Gasteiger partial charge in [-0.1, -0.05) is 30.3 Å². The van der Waals surface area contributed by atoms with Crippen LogP contribution in [0.2, 0.25) is 0 Å². The summed E-state index contributed by atoms with van der Waals surface area (Å²) in [5, 5.41) is 4.05. The summed E-state index contributed by atoms with van der Waals surface area (Å²) in [5.41, 5.74) is 2.74. The fraction of sp³-hybridized carbons (Fsp3) is 0.304. The second-order valence-corrected chi connectivity index (χ2v) is 7.38. The smallest absolute Gasteiger partial charge is 0.227 e. The van der Waals surface area contributed by atoms with E-state index in [1.165, 1.54) is 0 Å². The van der Waals surface area contributed by atoms with Gasteiger partial charge in [0, 0.05) is 36.1 Å². The van der Waals surface area contributed by atoms with Crippen molar-refractivity contribution in [3.8, 4) is 5.75 Å². The number of para-hydroxylation sites is 3. The molecule has 6 heteroatoms. The number of ether oxygens (including phenoxy) is 1. The van der Waals surface area contributed by atoms with Crippen molar-refractivity contribution in [1.29, 1.82) is 0 Å². The lowest BCUT2D eigenvalue weighted by Gasteiger charge is -2.31. The number of methoxy groups -OCH3 is 1. The standard InChI is InChI=1S/C23H25N3O3/c1-29-21-9-5-4-8-20(21)25-23(28)16-10-12-26(13-11-16)22(27)14-17-15-24-19-7-3-2-6-18(17)19/h2-9,15-16,24H,10-14H2,1H3,(H,25,28). The van der Waals surface area contributed by atoms with Crippen LogP contribution in [0.3, 0.4) is 0 Å². The largest absolute Gasteiger partial charge is 0.495 e. The maximum atomic E-state index is 12.8. The molecule has 1 fully saturated rings. The van der Waals surface area contributed by atoms with Gasteiger partial charge in [0.25, 0.3) is 0 Å². The van der Waals surface area contributed by atoms with Gasteiger partial charge in [-0.25, -0.2) is 0 Å². The van der Waals surface area contributed by atoms with Gasteiger partial charge in [-0.2, -0.15) is 0 Å². The van der Waals surface area contributed by atoms with E-state index in [0.717, 1.165) is 16.5 Å². The van der Waals surface area contributed by atoms with E-state index in [9.17, 15) is 9.59 Å². The molecular weight excluding hydrogens is 366 g/mol. The van der Waals surface area contributed by atoms with E-state index in [1.807, 2.05) is 59.6 Å². The van der Waals surface area contributed by atoms with Gasteiger partial charge in [0.15, 0.2) is 0 Å². The lowest BCUT2D eigenvalue weighted by atomic mass is 9.95. The molecule has 2 heterocycles. The Morgan fingerprint density at radius 3 is 2.62 bits per heavy atom. The number of aromatic amines is 1. The third-order valence-corrected chi connectivity index (χ3v) is 5.60. The molecule has 1 saturated heterocycles. The van der Waals surface area contributed by atoms with Crippen molar-refractivity contribution in [3.63, 3.8) is 0 Å². The number of aromatic nitrogens is 1. The van der Waals surface area contributed by atoms with Crippen molar-refractivity contribution >= 4 is 28.4 Å². The molecule has 0 bridgehead atoms. The number of H-pyrrole nitrogens is 1. The first-order chi connectivity index (χ1) is 14.2. The number of nitrogens with one attached hydrogen (secondary N) is 2. The number of benzene rings is 2. The Bertz CT molecular complexity index is 1020. The van der Waals surface area contributed by atoms with Crippen LogP contribution < -0.4 is 10.1 Å². The van der Waals surface area contributed by atoms with Crippen LogP contribution >= 0.6 is 0 Å². The highest BCUT2D eigenvalue weighted by Crippen LogP contribution is 2.26. The van der Waals surface area contributed by atoms with E-state index in [4.69, 9.17) is 4.74 Å². The van der Waals surface area contributed by atoms with Crippen LogP contribution in [0.4, 0.5) is 5.69 Å². The molecule has 1 aromatic heterocycles. The Kier molecular flexibility index (Phi) is 5.51. The molecule has 4 rings (SSSR count). The van der Waals surface area contributed by atoms with Crippen molar-refractivity contribution in [2.75, 3.05) is 25.5 Å². The van der Waals surface area contributed by atoms with E-state index >= 15 is 0 Å². The number of hydrogen-bond donors (Lipinski definition) is 2. The zero-order valence-corrected chi connectivity index (χ0v) is 16.5. The van der Waals surface area contributed by atoms with Crippen molar-refractivity contribution in [3.05, 3.63) is 60.3 Å². The van der Waals surface area contributed by atoms with Crippen LogP contribution in [0, 0.1) is 5.92 Å². The average molecular weight is 391 g/mol. The molecule has 0 atom stereocenters. The number of amides is 2. The molecule has 3 aromatic rings. The molecule has 2 amide bonds. The summed E-state index contributed by atoms with van der Waals surface area (Å²) in [6, 6.07) is 15.4. The third kappa shape index (κ3) is 4.11. The minimum atomic E-state index is -0.1000. The van der Waals surface area contributed by atoms with E-state index in [0.29, 0.717) is 43.8 Å². The van der Waals surface area contributed by atoms with Gasteiger partial charge in [0.1, 0.15) is 5.75 Å². The minimum absolute atomic E-state index is 0.0155. The fourth-order valence-corrected chi connectivity index (χ4v) is 3.93. The molecule has 1 aliphatic heterocycles. The molecule has 1 aliphatic rings. The summed E-state index contributed by atoms with van der Waals surface area (Å²) in [7, 11) is 1.59. The van der Waals surface area contributed by atoms with Gasteiger partial charge >= 0.3 is 0 Å². The summed E-state index contributed by atoms with van der Waals surface area (Å²) < 4.78 is 5.29. The minimum Gasteiger partial charge on any atom is -0.495 e. The first-order valence-corrected chi connectivity index (χ1v) is 9.92. The van der Waals surface area contributed by atoms with E-state index in [-0.39, 0.29) is 17.7 Å². The van der Waals surface area contributed by atoms with Crippen LogP contribution in [0.5, 0.6) is 5.75 Å². The number of rotatable bonds is 5. The Morgan fingerprint density at radius 1 is 1.10 bits per heavy atom. The van der Waals surface area contributed by atoms with Crippen LogP contribution in [-0.4, -0.2) is 41.9 Å². The van der Waals surface area contributed by atoms with Gasteiger partial charge in [0.05, 0.1) is 19.2 Å². The lowest BCUT2D eigenvalue weighted by Crippen LogP contribution is -2.42. The number of piperidine rings is 1. The number of carbonyl (C=O) groups is 2. The van der Waals surface area contributed by atoms with Gasteiger partial charge in [0.2, 0.25) is 11.8 Å². The maximum Gasteiger partial charge on any atom is 0.227 e. The highest BCUT2D eigenvalue weighted by Gasteiger charge is 2.28. The van der Waals surface area contributed by atoms with Gasteiger partial charge in [-0.15, -0.1) is 0 Å². The Balaban J connectivity index is 1.33. The molecule has 150 valence electrons. The van der Waals surface area contributed by atoms with E-state index in [2.05, 4.69) is 10.3 Å². The summed E-state index contributed by atoms with van der Waals surface area (Å²) in [6.07, 6.45) is 3.62. The second kappa shape index (κ2) is 8.39. The van der Waals surface area contributed by atoms with Gasteiger partial charge in [-0.05, 0) is 36.6 Å². The van der Waals surface area contributed by atoms with Crippen LogP contribution in [-0.2, 0) is 16.0 Å². The van der Waals surface area contributed by atoms with E-state index < -0.39 is 0 Å². The summed E-state index contributed by atoms with van der Waals surface area (Å²) >= 11 is 0. The van der Waals surface area contributed by atoms with Crippen molar-refractivity contribution in [1.82, 2.24) is 9.88 Å². The zero-order chi connectivity index (χ0) is 20.2. The van der Waals surface area contributed by atoms with Crippen LogP contribution in [0.25, 0.3) is 10.9 Å². The van der Waals surface area contributed by atoms with Crippen LogP contribution in [0.1, 0.15) is 18.4 Å². The summed E-state index contributed by atoms with van der Waals surface area (Å²) in [6.45, 7) is 1.20. The molecule has 0 aliphatic carbocycles. The molecule has 0 unspecified atom stereocenters. The summed E-state index contributed by atoms with van der Waals surface area (Å²) in [5.74, 6) is 0.640. The predicted octanol–water partition coefficient (Wildman–Crippen LogP) is 3.60. The number of nitrogens with zero attached hydrogens (tertiary/aromatic N) is 1. The number of carbonyl (C=O) groups excluding carboxylic acids is 2. The van der Waals surface area contributed by atoms with Crippen LogP contribution in [0.15, 0.2) is 54.7 Å². The Labute approximate surface area is 169 Å². The summed E-state index contributed by atoms with van der Waals surface area (Å²) in [4.78, 5) is 30.5. The predicted molar refractivity (Wildman–Crippen MR) is 113 cm³/mol. The highest BCUT2D eigenvalue weighted by atomic mass is 16.5. The number of likely N-dealkylation sites (tertiary alicyclic amines) is 1. The van der Waals surface area contributed by atoms with E-state index in [1.54, 1.807) is 7.11 Å². The molecular formula is C23H25N3O3. The lowest BCUT2D eigenvalue weighted by molar-refractivity contribution is -0.133. The molecule has 0 radical (unpaired) electrons. The zero-order valence-electron chi connectivity index (χ0n) is 16.5. The Morgan fingerprint density at radius 2 is 1.83 bits per heavy atom. The van der Waals surface area contributed by atoms with Crippen molar-refractivity contribution < 1.29 is 14.3 Å². The second-order valence-electron chi connectivity index (χ2n) is 7.38. The molecule has 6 nitrogen and oxygen atoms in total.